The molecule has 3 aliphatic heterocycles. The zero-order valence-electron chi connectivity index (χ0n) is 16.9. The van der Waals surface area contributed by atoms with Crippen molar-refractivity contribution < 1.29 is 0 Å². The number of nitrogens with zero attached hydrogens (tertiary/aromatic N) is 6. The van der Waals surface area contributed by atoms with Gasteiger partial charge in [-0.05, 0) is 25.7 Å². The SMILES string of the molecule is [C-]#[N+]C(C#N)=C1N(CCCN2CC=CCC2)CCN1CCCN1CC=CCC1. The average molecular weight is 381 g/mol. The van der Waals surface area contributed by atoms with Gasteiger partial charge in [0, 0.05) is 65.4 Å². The number of rotatable bonds is 8. The zero-order chi connectivity index (χ0) is 19.6. The Morgan fingerprint density at radius 3 is 1.79 bits per heavy atom. The fraction of sp³-hybridized carbons (Fsp3) is 0.636. The fourth-order valence-electron chi connectivity index (χ4n) is 4.27. The molecule has 0 spiro atoms. The molecule has 0 N–H and O–H groups in total. The fourth-order valence-corrected chi connectivity index (χ4v) is 4.27. The molecule has 0 aliphatic carbocycles. The van der Waals surface area contributed by atoms with Crippen LogP contribution in [0.3, 0.4) is 0 Å². The van der Waals surface area contributed by atoms with Crippen molar-refractivity contribution in [1.82, 2.24) is 19.6 Å². The molecule has 0 atom stereocenters. The standard InChI is InChI=1S/C22H32N6/c1-24-21(20-23)22-27(16-8-14-25-10-4-2-5-11-25)18-19-28(22)17-9-15-26-12-6-3-7-13-26/h2-4,6H,5,7-19H2. The summed E-state index contributed by atoms with van der Waals surface area (Å²) in [6.45, 7) is 17.7. The van der Waals surface area contributed by atoms with Gasteiger partial charge in [-0.25, -0.2) is 10.1 Å². The van der Waals surface area contributed by atoms with Crippen LogP contribution in [0, 0.1) is 17.9 Å². The van der Waals surface area contributed by atoms with E-state index in [2.05, 4.69) is 54.8 Å². The predicted octanol–water partition coefficient (Wildman–Crippen LogP) is 2.52. The Hall–Kier alpha value is -2.28. The second-order valence-corrected chi connectivity index (χ2v) is 7.70. The zero-order valence-corrected chi connectivity index (χ0v) is 16.9. The molecule has 0 aromatic carbocycles. The Labute approximate surface area is 169 Å². The molecular weight excluding hydrogens is 348 g/mol. The van der Waals surface area contributed by atoms with E-state index < -0.39 is 0 Å². The summed E-state index contributed by atoms with van der Waals surface area (Å²) in [5, 5.41) is 9.47. The molecule has 3 rings (SSSR count). The predicted molar refractivity (Wildman–Crippen MR) is 112 cm³/mol. The summed E-state index contributed by atoms with van der Waals surface area (Å²) in [6.07, 6.45) is 13.4. The number of hydrogen-bond acceptors (Lipinski definition) is 5. The van der Waals surface area contributed by atoms with Crippen molar-refractivity contribution in [1.29, 1.82) is 5.26 Å². The first kappa shape index (κ1) is 20.5. The summed E-state index contributed by atoms with van der Waals surface area (Å²) >= 11 is 0. The van der Waals surface area contributed by atoms with Gasteiger partial charge in [-0.1, -0.05) is 24.3 Å². The first-order valence-corrected chi connectivity index (χ1v) is 10.6. The summed E-state index contributed by atoms with van der Waals surface area (Å²) in [6, 6.07) is 2.14. The van der Waals surface area contributed by atoms with E-state index in [-0.39, 0.29) is 5.70 Å². The quantitative estimate of drug-likeness (QED) is 0.368. The Morgan fingerprint density at radius 1 is 0.857 bits per heavy atom. The maximum atomic E-state index is 9.47. The van der Waals surface area contributed by atoms with Crippen LogP contribution in [0.1, 0.15) is 25.7 Å². The molecule has 1 fully saturated rings. The maximum absolute atomic E-state index is 9.47. The summed E-state index contributed by atoms with van der Waals surface area (Å²) in [7, 11) is 0. The van der Waals surface area contributed by atoms with Crippen molar-refractivity contribution in [2.75, 3.05) is 65.4 Å². The summed E-state index contributed by atoms with van der Waals surface area (Å²) < 4.78 is 0. The third kappa shape index (κ3) is 5.61. The van der Waals surface area contributed by atoms with Crippen LogP contribution >= 0.6 is 0 Å². The summed E-state index contributed by atoms with van der Waals surface area (Å²) in [4.78, 5) is 13.0. The van der Waals surface area contributed by atoms with E-state index in [0.717, 1.165) is 97.0 Å². The van der Waals surface area contributed by atoms with Gasteiger partial charge in [0.25, 0.3) is 0 Å². The van der Waals surface area contributed by atoms with Gasteiger partial charge >= 0.3 is 5.70 Å². The van der Waals surface area contributed by atoms with E-state index in [9.17, 15) is 5.26 Å². The van der Waals surface area contributed by atoms with E-state index >= 15 is 0 Å². The van der Waals surface area contributed by atoms with Crippen LogP contribution in [-0.2, 0) is 0 Å². The van der Waals surface area contributed by atoms with E-state index in [1.807, 2.05) is 0 Å². The molecule has 0 aromatic rings. The van der Waals surface area contributed by atoms with Crippen LogP contribution in [0.4, 0.5) is 0 Å². The van der Waals surface area contributed by atoms with Gasteiger partial charge in [-0.3, -0.25) is 9.80 Å². The minimum Gasteiger partial charge on any atom is -0.365 e. The van der Waals surface area contributed by atoms with Crippen molar-refractivity contribution in [2.45, 2.75) is 25.7 Å². The highest BCUT2D eigenvalue weighted by Crippen LogP contribution is 2.23. The molecule has 6 nitrogen and oxygen atoms in total. The van der Waals surface area contributed by atoms with Crippen LogP contribution < -0.4 is 0 Å². The highest BCUT2D eigenvalue weighted by molar-refractivity contribution is 5.33. The first-order chi connectivity index (χ1) is 13.8. The minimum absolute atomic E-state index is 0.249. The average Bonchev–Trinajstić information content (AvgIpc) is 3.13. The van der Waals surface area contributed by atoms with Gasteiger partial charge in [-0.15, -0.1) is 0 Å². The topological polar surface area (TPSA) is 41.1 Å². The third-order valence-corrected chi connectivity index (χ3v) is 5.76. The lowest BCUT2D eigenvalue weighted by Gasteiger charge is -2.28. The van der Waals surface area contributed by atoms with E-state index in [1.165, 1.54) is 0 Å². The molecule has 150 valence electrons. The number of nitriles is 1. The van der Waals surface area contributed by atoms with Crippen molar-refractivity contribution in [3.63, 3.8) is 0 Å². The van der Waals surface area contributed by atoms with Crippen LogP contribution in [0.25, 0.3) is 4.85 Å². The van der Waals surface area contributed by atoms with Gasteiger partial charge < -0.3 is 9.80 Å². The number of hydrogen-bond donors (Lipinski definition) is 0. The Morgan fingerprint density at radius 2 is 1.39 bits per heavy atom. The van der Waals surface area contributed by atoms with Crippen molar-refractivity contribution in [2.24, 2.45) is 0 Å². The van der Waals surface area contributed by atoms with Gasteiger partial charge in [0.15, 0.2) is 0 Å². The maximum Gasteiger partial charge on any atom is 0.300 e. The summed E-state index contributed by atoms with van der Waals surface area (Å²) in [5.41, 5.74) is 0.249. The molecule has 3 aliphatic rings. The van der Waals surface area contributed by atoms with Gasteiger partial charge in [0.05, 0.1) is 12.6 Å². The van der Waals surface area contributed by atoms with Gasteiger partial charge in [-0.2, -0.15) is 0 Å². The van der Waals surface area contributed by atoms with Gasteiger partial charge in [0.1, 0.15) is 5.82 Å². The first-order valence-electron chi connectivity index (χ1n) is 10.6. The van der Waals surface area contributed by atoms with Crippen LogP contribution in [-0.4, -0.2) is 85.0 Å². The highest BCUT2D eigenvalue weighted by atomic mass is 15.4. The van der Waals surface area contributed by atoms with E-state index in [4.69, 9.17) is 6.57 Å². The van der Waals surface area contributed by atoms with Crippen molar-refractivity contribution in [3.05, 3.63) is 47.2 Å². The molecule has 3 heterocycles. The molecular formula is C22H32N6. The Bertz CT molecular complexity index is 624. The van der Waals surface area contributed by atoms with Crippen LogP contribution in [0.5, 0.6) is 0 Å². The molecule has 0 radical (unpaired) electrons. The molecule has 0 amide bonds. The lowest BCUT2D eigenvalue weighted by molar-refractivity contribution is 0.256. The molecule has 0 aromatic heterocycles. The van der Waals surface area contributed by atoms with Crippen LogP contribution in [0.15, 0.2) is 35.8 Å². The lowest BCUT2D eigenvalue weighted by atomic mass is 10.2. The smallest absolute Gasteiger partial charge is 0.300 e. The molecule has 0 unspecified atom stereocenters. The van der Waals surface area contributed by atoms with E-state index in [0.29, 0.717) is 0 Å². The highest BCUT2D eigenvalue weighted by Gasteiger charge is 2.28. The monoisotopic (exact) mass is 380 g/mol. The Balaban J connectivity index is 1.51. The molecule has 6 heteroatoms. The van der Waals surface area contributed by atoms with E-state index in [1.54, 1.807) is 0 Å². The minimum atomic E-state index is 0.249. The second-order valence-electron chi connectivity index (χ2n) is 7.70. The van der Waals surface area contributed by atoms with Crippen molar-refractivity contribution >= 4 is 0 Å². The molecule has 0 saturated carbocycles. The van der Waals surface area contributed by atoms with Gasteiger partial charge in [0.2, 0.25) is 0 Å². The van der Waals surface area contributed by atoms with Crippen molar-refractivity contribution in [3.8, 4) is 6.07 Å². The molecule has 1 saturated heterocycles. The lowest BCUT2D eigenvalue weighted by Crippen LogP contribution is -2.33. The number of allylic oxidation sites excluding steroid dienone is 1. The molecule has 0 bridgehead atoms. The van der Waals surface area contributed by atoms with Crippen LogP contribution in [0.2, 0.25) is 0 Å². The summed E-state index contributed by atoms with van der Waals surface area (Å²) in [5.74, 6) is 0.870. The molecule has 28 heavy (non-hydrogen) atoms. The second kappa shape index (κ2) is 10.9. The third-order valence-electron chi connectivity index (χ3n) is 5.76. The normalized spacial score (nSPS) is 20.4. The largest absolute Gasteiger partial charge is 0.365 e. The Kier molecular flexibility index (Phi) is 7.96.